The smallest absolute Gasteiger partial charge is 0.319 e. The second kappa shape index (κ2) is 7.63. The predicted octanol–water partition coefficient (Wildman–Crippen LogP) is 2.18. The average molecular weight is 317 g/mol. The first kappa shape index (κ1) is 16.1. The largest absolute Gasteiger partial charge is 0.349 e. The maximum atomic E-state index is 12.8. The minimum atomic E-state index is -2.57. The highest BCUT2D eigenvalue weighted by molar-refractivity contribution is 8.00. The van der Waals surface area contributed by atoms with Crippen LogP contribution in [0.5, 0.6) is 0 Å². The van der Waals surface area contributed by atoms with Gasteiger partial charge in [0.15, 0.2) is 5.96 Å². The normalized spacial score (nSPS) is 20.1. The Bertz CT molecular complexity index is 477. The fourth-order valence-corrected chi connectivity index (χ4v) is 3.49. The van der Waals surface area contributed by atoms with Gasteiger partial charge in [-0.05, 0) is 6.42 Å². The van der Waals surface area contributed by atoms with Gasteiger partial charge in [-0.1, -0.05) is 6.92 Å². The number of aliphatic imine (C=N–C) groups is 1. The fourth-order valence-electron chi connectivity index (χ4n) is 2.31. The predicted molar refractivity (Wildman–Crippen MR) is 81.8 cm³/mol. The lowest BCUT2D eigenvalue weighted by molar-refractivity contribution is 0.0668. The lowest BCUT2D eigenvalue weighted by atomic mass is 10.3. The van der Waals surface area contributed by atoms with E-state index in [2.05, 4.69) is 27.1 Å². The molecule has 5 nitrogen and oxygen atoms in total. The van der Waals surface area contributed by atoms with E-state index in [1.54, 1.807) is 7.05 Å². The van der Waals surface area contributed by atoms with Crippen molar-refractivity contribution < 1.29 is 8.78 Å². The molecule has 0 aromatic carbocycles. The summed E-state index contributed by atoms with van der Waals surface area (Å²) in [5.74, 6) is 2.12. The third kappa shape index (κ3) is 4.09. The number of aromatic nitrogens is 2. The van der Waals surface area contributed by atoms with Crippen LogP contribution in [0.15, 0.2) is 17.4 Å². The van der Waals surface area contributed by atoms with Gasteiger partial charge in [-0.2, -0.15) is 20.5 Å². The van der Waals surface area contributed by atoms with E-state index in [0.29, 0.717) is 11.1 Å². The SMILES string of the molecule is CCC1CN(C(=NC)NCc2nccn2C(F)F)CCS1. The zero-order valence-electron chi connectivity index (χ0n) is 12.3. The molecule has 1 atom stereocenters. The number of hydrogen-bond acceptors (Lipinski definition) is 3. The molecule has 0 amide bonds. The van der Waals surface area contributed by atoms with Crippen LogP contribution in [-0.4, -0.2) is 51.6 Å². The molecule has 2 rings (SSSR count). The van der Waals surface area contributed by atoms with Crippen LogP contribution in [0.1, 0.15) is 25.7 Å². The maximum Gasteiger partial charge on any atom is 0.319 e. The van der Waals surface area contributed by atoms with Crippen LogP contribution in [0.3, 0.4) is 0 Å². The van der Waals surface area contributed by atoms with Gasteiger partial charge in [-0.25, -0.2) is 4.98 Å². The van der Waals surface area contributed by atoms with Crippen LogP contribution < -0.4 is 5.32 Å². The molecule has 21 heavy (non-hydrogen) atoms. The van der Waals surface area contributed by atoms with Crippen molar-refractivity contribution in [1.29, 1.82) is 0 Å². The molecular weight excluding hydrogens is 296 g/mol. The lowest BCUT2D eigenvalue weighted by Crippen LogP contribution is -2.47. The molecule has 1 unspecified atom stereocenters. The molecule has 1 fully saturated rings. The van der Waals surface area contributed by atoms with E-state index in [4.69, 9.17) is 0 Å². The molecule has 0 aliphatic carbocycles. The van der Waals surface area contributed by atoms with Crippen LogP contribution in [0.4, 0.5) is 8.78 Å². The van der Waals surface area contributed by atoms with Crippen molar-refractivity contribution in [2.24, 2.45) is 4.99 Å². The average Bonchev–Trinajstić information content (AvgIpc) is 2.97. The molecule has 1 saturated heterocycles. The van der Waals surface area contributed by atoms with E-state index >= 15 is 0 Å². The van der Waals surface area contributed by atoms with Crippen molar-refractivity contribution in [2.45, 2.75) is 31.7 Å². The van der Waals surface area contributed by atoms with Gasteiger partial charge in [0.2, 0.25) is 0 Å². The Balaban J connectivity index is 1.95. The van der Waals surface area contributed by atoms with Gasteiger partial charge in [0, 0.05) is 43.5 Å². The summed E-state index contributed by atoms with van der Waals surface area (Å²) in [5, 5.41) is 3.73. The van der Waals surface area contributed by atoms with Crippen molar-refractivity contribution in [3.05, 3.63) is 18.2 Å². The lowest BCUT2D eigenvalue weighted by Gasteiger charge is -2.34. The van der Waals surface area contributed by atoms with Crippen molar-refractivity contribution in [3.63, 3.8) is 0 Å². The number of imidazole rings is 1. The summed E-state index contributed by atoms with van der Waals surface area (Å²) >= 11 is 1.98. The summed E-state index contributed by atoms with van der Waals surface area (Å²) in [7, 11) is 1.71. The zero-order valence-corrected chi connectivity index (χ0v) is 13.1. The highest BCUT2D eigenvalue weighted by Gasteiger charge is 2.21. The van der Waals surface area contributed by atoms with E-state index in [1.165, 1.54) is 12.4 Å². The molecule has 8 heteroatoms. The Morgan fingerprint density at radius 1 is 1.62 bits per heavy atom. The fraction of sp³-hybridized carbons (Fsp3) is 0.692. The van der Waals surface area contributed by atoms with Gasteiger partial charge in [-0.15, -0.1) is 0 Å². The molecule has 0 radical (unpaired) electrons. The first-order valence-corrected chi connectivity index (χ1v) is 8.07. The molecule has 0 bridgehead atoms. The Hall–Kier alpha value is -1.31. The summed E-state index contributed by atoms with van der Waals surface area (Å²) < 4.78 is 26.4. The summed E-state index contributed by atoms with van der Waals surface area (Å²) in [6.45, 7) is 1.71. The Labute approximate surface area is 127 Å². The molecule has 1 aliphatic rings. The van der Waals surface area contributed by atoms with Gasteiger partial charge in [0.05, 0.1) is 6.54 Å². The number of rotatable bonds is 4. The van der Waals surface area contributed by atoms with Gasteiger partial charge in [-0.3, -0.25) is 9.56 Å². The van der Waals surface area contributed by atoms with Crippen LogP contribution in [0.25, 0.3) is 0 Å². The van der Waals surface area contributed by atoms with Gasteiger partial charge < -0.3 is 10.2 Å². The Kier molecular flexibility index (Phi) is 5.84. The number of hydrogen-bond donors (Lipinski definition) is 1. The van der Waals surface area contributed by atoms with Crippen molar-refractivity contribution in [3.8, 4) is 0 Å². The van der Waals surface area contributed by atoms with Crippen molar-refractivity contribution in [2.75, 3.05) is 25.9 Å². The molecule has 1 aliphatic heterocycles. The van der Waals surface area contributed by atoms with Crippen molar-refractivity contribution in [1.82, 2.24) is 19.8 Å². The maximum absolute atomic E-state index is 12.8. The van der Waals surface area contributed by atoms with Crippen LogP contribution >= 0.6 is 11.8 Å². The first-order valence-electron chi connectivity index (χ1n) is 7.02. The second-order valence-corrected chi connectivity index (χ2v) is 6.18. The molecule has 0 spiro atoms. The molecular formula is C13H21F2N5S. The first-order chi connectivity index (χ1) is 10.2. The third-order valence-electron chi connectivity index (χ3n) is 3.47. The van der Waals surface area contributed by atoms with Gasteiger partial charge in [0.25, 0.3) is 0 Å². The van der Waals surface area contributed by atoms with E-state index < -0.39 is 6.55 Å². The van der Waals surface area contributed by atoms with E-state index in [-0.39, 0.29) is 6.54 Å². The van der Waals surface area contributed by atoms with Gasteiger partial charge >= 0.3 is 6.55 Å². The van der Waals surface area contributed by atoms with Crippen LogP contribution in [-0.2, 0) is 6.54 Å². The number of guanidine groups is 1. The number of nitrogens with one attached hydrogen (secondary N) is 1. The Morgan fingerprint density at radius 2 is 2.43 bits per heavy atom. The van der Waals surface area contributed by atoms with Crippen LogP contribution in [0.2, 0.25) is 0 Å². The molecule has 1 N–H and O–H groups in total. The van der Waals surface area contributed by atoms with Gasteiger partial charge in [0.1, 0.15) is 5.82 Å². The Morgan fingerprint density at radius 3 is 3.10 bits per heavy atom. The molecule has 0 saturated carbocycles. The minimum Gasteiger partial charge on any atom is -0.349 e. The van der Waals surface area contributed by atoms with E-state index in [0.717, 1.165) is 35.8 Å². The quantitative estimate of drug-likeness (QED) is 0.683. The monoisotopic (exact) mass is 317 g/mol. The zero-order chi connectivity index (χ0) is 15.2. The molecule has 1 aromatic heterocycles. The number of nitrogens with zero attached hydrogens (tertiary/aromatic N) is 4. The topological polar surface area (TPSA) is 45.4 Å². The summed E-state index contributed by atoms with van der Waals surface area (Å²) in [5.41, 5.74) is 0. The summed E-state index contributed by atoms with van der Waals surface area (Å²) in [4.78, 5) is 10.4. The standard InChI is InChI=1S/C13H21F2N5S/c1-3-10-9-19(6-7-21-10)13(16-2)18-8-11-17-4-5-20(11)12(14)15/h4-5,10,12H,3,6-9H2,1-2H3,(H,16,18). The third-order valence-corrected chi connectivity index (χ3v) is 4.84. The molecule has 2 heterocycles. The van der Waals surface area contributed by atoms with E-state index in [9.17, 15) is 8.78 Å². The second-order valence-electron chi connectivity index (χ2n) is 4.78. The van der Waals surface area contributed by atoms with E-state index in [1.807, 2.05) is 11.8 Å². The molecule has 1 aromatic rings. The van der Waals surface area contributed by atoms with Crippen molar-refractivity contribution >= 4 is 17.7 Å². The summed E-state index contributed by atoms with van der Waals surface area (Å²) in [6.07, 6.45) is 3.79. The number of alkyl halides is 2. The van der Waals surface area contributed by atoms with Crippen LogP contribution in [0, 0.1) is 0 Å². The minimum absolute atomic E-state index is 0.241. The summed E-state index contributed by atoms with van der Waals surface area (Å²) in [6, 6.07) is 0. The molecule has 118 valence electrons. The number of halogens is 2. The number of thioether (sulfide) groups is 1. The highest BCUT2D eigenvalue weighted by Crippen LogP contribution is 2.21. The highest BCUT2D eigenvalue weighted by atomic mass is 32.2.